The number of halogens is 3. The molecule has 0 atom stereocenters. The van der Waals surface area contributed by atoms with E-state index >= 15 is 0 Å². The fourth-order valence-electron chi connectivity index (χ4n) is 3.79. The second-order valence-corrected chi connectivity index (χ2v) is 7.74. The largest absolute Gasteiger partial charge is 0.496 e. The van der Waals surface area contributed by atoms with Crippen LogP contribution in [0.25, 0.3) is 11.1 Å². The maximum atomic E-state index is 14.2. The van der Waals surface area contributed by atoms with E-state index in [1.54, 1.807) is 20.3 Å². The van der Waals surface area contributed by atoms with Crippen LogP contribution >= 0.6 is 11.6 Å². The molecule has 0 fully saturated rings. The lowest BCUT2D eigenvalue weighted by Crippen LogP contribution is -2.25. The van der Waals surface area contributed by atoms with Crippen LogP contribution < -0.4 is 14.2 Å². The number of fused-ring (bicyclic) bond motifs is 1. The Kier molecular flexibility index (Phi) is 6.30. The predicted octanol–water partition coefficient (Wildman–Crippen LogP) is 5.70. The Morgan fingerprint density at radius 2 is 1.81 bits per heavy atom. The van der Waals surface area contributed by atoms with Crippen molar-refractivity contribution in [1.82, 2.24) is 4.90 Å². The summed E-state index contributed by atoms with van der Waals surface area (Å²) in [4.78, 5) is 2.02. The molecule has 31 heavy (non-hydrogen) atoms. The number of hydrogen-bond donors (Lipinski definition) is 0. The van der Waals surface area contributed by atoms with Crippen molar-refractivity contribution in [2.45, 2.75) is 13.1 Å². The summed E-state index contributed by atoms with van der Waals surface area (Å²) in [7, 11) is 3.19. The van der Waals surface area contributed by atoms with Crippen LogP contribution in [-0.4, -0.2) is 32.3 Å². The first kappa shape index (κ1) is 21.4. The van der Waals surface area contributed by atoms with Crippen molar-refractivity contribution in [1.29, 1.82) is 0 Å². The molecule has 0 aromatic heterocycles. The molecule has 162 valence electrons. The lowest BCUT2D eigenvalue weighted by molar-refractivity contribution is 0.214. The molecular weight excluding hydrogens is 424 g/mol. The molecule has 1 heterocycles. The van der Waals surface area contributed by atoms with Crippen LogP contribution in [0.15, 0.2) is 48.5 Å². The SMILES string of the molecule is COc1ccc(Cl)cc1-c1cc2c(c(OC)c1)OCCN(Cc1cc(F)ccc1F)C2. The summed E-state index contributed by atoms with van der Waals surface area (Å²) in [6.45, 7) is 1.71. The van der Waals surface area contributed by atoms with Crippen LogP contribution in [0.1, 0.15) is 11.1 Å². The second kappa shape index (κ2) is 9.12. The molecule has 4 nitrogen and oxygen atoms in total. The fraction of sp³-hybridized carbons (Fsp3) is 0.250. The Labute approximate surface area is 184 Å². The molecular formula is C24H22ClF2NO3. The third kappa shape index (κ3) is 4.60. The van der Waals surface area contributed by atoms with Crippen molar-refractivity contribution in [2.75, 3.05) is 27.4 Å². The van der Waals surface area contributed by atoms with E-state index in [4.69, 9.17) is 25.8 Å². The Balaban J connectivity index is 1.72. The standard InChI is InChI=1S/C24H22ClF2NO3/c1-29-22-6-3-18(25)12-20(22)15-9-17-14-28(7-8-31-24(17)23(11-15)30-2)13-16-10-19(26)4-5-21(16)27/h3-6,9-12H,7-8,13-14H2,1-2H3. The summed E-state index contributed by atoms with van der Waals surface area (Å²) in [5.74, 6) is 1.03. The molecule has 0 aliphatic carbocycles. The molecule has 3 aromatic carbocycles. The first-order valence-corrected chi connectivity index (χ1v) is 10.2. The van der Waals surface area contributed by atoms with Crippen LogP contribution in [0.3, 0.4) is 0 Å². The van der Waals surface area contributed by atoms with Crippen molar-refractivity contribution in [2.24, 2.45) is 0 Å². The minimum Gasteiger partial charge on any atom is -0.496 e. The van der Waals surface area contributed by atoms with Gasteiger partial charge >= 0.3 is 0 Å². The molecule has 0 bridgehead atoms. The first-order chi connectivity index (χ1) is 15.0. The van der Waals surface area contributed by atoms with Crippen LogP contribution in [0, 0.1) is 11.6 Å². The lowest BCUT2D eigenvalue weighted by atomic mass is 10.00. The lowest BCUT2D eigenvalue weighted by Gasteiger charge is -2.20. The number of nitrogens with zero attached hydrogens (tertiary/aromatic N) is 1. The van der Waals surface area contributed by atoms with Gasteiger partial charge in [0.05, 0.1) is 14.2 Å². The molecule has 1 aliphatic heterocycles. The van der Waals surface area contributed by atoms with Gasteiger partial charge in [0.15, 0.2) is 11.5 Å². The van der Waals surface area contributed by atoms with Crippen LogP contribution in [0.5, 0.6) is 17.2 Å². The number of rotatable bonds is 5. The highest BCUT2D eigenvalue weighted by Crippen LogP contribution is 2.41. The van der Waals surface area contributed by atoms with Crippen molar-refractivity contribution in [3.63, 3.8) is 0 Å². The third-order valence-corrected chi connectivity index (χ3v) is 5.51. The van der Waals surface area contributed by atoms with E-state index in [-0.39, 0.29) is 6.54 Å². The summed E-state index contributed by atoms with van der Waals surface area (Å²) in [5, 5.41) is 0.587. The average molecular weight is 446 g/mol. The smallest absolute Gasteiger partial charge is 0.165 e. The monoisotopic (exact) mass is 445 g/mol. The summed E-state index contributed by atoms with van der Waals surface area (Å²) in [6, 6.07) is 12.8. The number of ether oxygens (including phenoxy) is 3. The van der Waals surface area contributed by atoms with Gasteiger partial charge in [0.1, 0.15) is 24.0 Å². The predicted molar refractivity (Wildman–Crippen MR) is 116 cm³/mol. The van der Waals surface area contributed by atoms with E-state index in [0.717, 1.165) is 28.8 Å². The van der Waals surface area contributed by atoms with E-state index in [1.165, 1.54) is 6.07 Å². The van der Waals surface area contributed by atoms with E-state index < -0.39 is 11.6 Å². The second-order valence-electron chi connectivity index (χ2n) is 7.31. The van der Waals surface area contributed by atoms with Crippen LogP contribution in [-0.2, 0) is 13.1 Å². The highest BCUT2D eigenvalue weighted by molar-refractivity contribution is 6.31. The van der Waals surface area contributed by atoms with E-state index in [9.17, 15) is 8.78 Å². The Bertz CT molecular complexity index is 1110. The number of benzene rings is 3. The zero-order valence-corrected chi connectivity index (χ0v) is 18.0. The Hall–Kier alpha value is -2.83. The highest BCUT2D eigenvalue weighted by atomic mass is 35.5. The van der Waals surface area contributed by atoms with E-state index in [2.05, 4.69) is 0 Å². The first-order valence-electron chi connectivity index (χ1n) is 9.82. The van der Waals surface area contributed by atoms with Crippen LogP contribution in [0.2, 0.25) is 5.02 Å². The van der Waals surface area contributed by atoms with Crippen molar-refractivity contribution < 1.29 is 23.0 Å². The van der Waals surface area contributed by atoms with Gasteiger partial charge in [-0.2, -0.15) is 0 Å². The van der Waals surface area contributed by atoms with Crippen molar-refractivity contribution in [3.05, 3.63) is 76.3 Å². The van der Waals surface area contributed by atoms with E-state index in [0.29, 0.717) is 47.5 Å². The normalized spacial score (nSPS) is 13.8. The quantitative estimate of drug-likeness (QED) is 0.504. The molecule has 0 saturated heterocycles. The molecule has 0 amide bonds. The molecule has 0 unspecified atom stereocenters. The molecule has 3 aromatic rings. The van der Waals surface area contributed by atoms with Gasteiger partial charge in [-0.05, 0) is 54.1 Å². The minimum atomic E-state index is -0.458. The summed E-state index contributed by atoms with van der Waals surface area (Å²) < 4.78 is 44.9. The summed E-state index contributed by atoms with van der Waals surface area (Å²) in [5.41, 5.74) is 2.87. The summed E-state index contributed by atoms with van der Waals surface area (Å²) >= 11 is 6.22. The fourth-order valence-corrected chi connectivity index (χ4v) is 3.96. The van der Waals surface area contributed by atoms with Gasteiger partial charge in [0.2, 0.25) is 0 Å². The maximum absolute atomic E-state index is 14.2. The zero-order chi connectivity index (χ0) is 22.0. The van der Waals surface area contributed by atoms with Crippen LogP contribution in [0.4, 0.5) is 8.78 Å². The molecule has 0 spiro atoms. The molecule has 0 N–H and O–H groups in total. The van der Waals surface area contributed by atoms with Gasteiger partial charge in [-0.3, -0.25) is 4.90 Å². The van der Waals surface area contributed by atoms with E-state index in [1.807, 2.05) is 29.2 Å². The molecule has 1 aliphatic rings. The number of methoxy groups -OCH3 is 2. The molecule has 7 heteroatoms. The van der Waals surface area contributed by atoms with Gasteiger partial charge in [0.25, 0.3) is 0 Å². The molecule has 4 rings (SSSR count). The Morgan fingerprint density at radius 3 is 2.58 bits per heavy atom. The zero-order valence-electron chi connectivity index (χ0n) is 17.3. The molecule has 0 saturated carbocycles. The van der Waals surface area contributed by atoms with Gasteiger partial charge in [0, 0.05) is 41.3 Å². The van der Waals surface area contributed by atoms with Gasteiger partial charge < -0.3 is 14.2 Å². The minimum absolute atomic E-state index is 0.263. The molecule has 0 radical (unpaired) electrons. The maximum Gasteiger partial charge on any atom is 0.165 e. The van der Waals surface area contributed by atoms with Crippen molar-refractivity contribution >= 4 is 11.6 Å². The summed E-state index contributed by atoms with van der Waals surface area (Å²) in [6.07, 6.45) is 0. The average Bonchev–Trinajstić information content (AvgIpc) is 2.97. The Morgan fingerprint density at radius 1 is 1.00 bits per heavy atom. The van der Waals surface area contributed by atoms with Gasteiger partial charge in [-0.15, -0.1) is 0 Å². The van der Waals surface area contributed by atoms with Crippen molar-refractivity contribution in [3.8, 4) is 28.4 Å². The highest BCUT2D eigenvalue weighted by Gasteiger charge is 2.22. The van der Waals surface area contributed by atoms with Gasteiger partial charge in [-0.25, -0.2) is 8.78 Å². The topological polar surface area (TPSA) is 30.9 Å². The number of hydrogen-bond acceptors (Lipinski definition) is 4. The van der Waals surface area contributed by atoms with Gasteiger partial charge in [-0.1, -0.05) is 11.6 Å². The third-order valence-electron chi connectivity index (χ3n) is 5.27.